The van der Waals surface area contributed by atoms with Crippen molar-refractivity contribution in [1.29, 1.82) is 0 Å². The van der Waals surface area contributed by atoms with Crippen LogP contribution >= 0.6 is 0 Å². The quantitative estimate of drug-likeness (QED) is 0.842. The smallest absolute Gasteiger partial charge is 0.339 e. The number of aromatic hydroxyl groups is 2. The van der Waals surface area contributed by atoms with Crippen LogP contribution in [-0.4, -0.2) is 18.6 Å². The fourth-order valence-electron chi connectivity index (χ4n) is 1.46. The zero-order valence-electron chi connectivity index (χ0n) is 10.1. The molecule has 2 aromatic rings. The first-order valence-corrected chi connectivity index (χ1v) is 6.83. The van der Waals surface area contributed by atoms with E-state index in [9.17, 15) is 18.6 Å². The summed E-state index contributed by atoms with van der Waals surface area (Å²) >= 11 is 0. The van der Waals surface area contributed by atoms with Crippen molar-refractivity contribution in [1.82, 2.24) is 0 Å². The van der Waals surface area contributed by atoms with E-state index in [-0.39, 0.29) is 4.90 Å². The maximum absolute atomic E-state index is 12.0. The molecular weight excluding hydrogens is 268 g/mol. The van der Waals surface area contributed by atoms with Crippen molar-refractivity contribution in [3.05, 3.63) is 48.0 Å². The van der Waals surface area contributed by atoms with Crippen LogP contribution in [0, 0.1) is 6.92 Å². The first-order valence-electron chi connectivity index (χ1n) is 5.42. The van der Waals surface area contributed by atoms with Gasteiger partial charge in [-0.1, -0.05) is 23.8 Å². The average Bonchev–Trinajstić information content (AvgIpc) is 2.35. The van der Waals surface area contributed by atoms with Crippen LogP contribution in [0.1, 0.15) is 5.56 Å². The van der Waals surface area contributed by atoms with Gasteiger partial charge >= 0.3 is 10.1 Å². The van der Waals surface area contributed by atoms with Crippen molar-refractivity contribution >= 4 is 10.1 Å². The lowest BCUT2D eigenvalue weighted by molar-refractivity contribution is 0.395. The molecular formula is C13H12O5S. The first kappa shape index (κ1) is 13.2. The Kier molecular flexibility index (Phi) is 3.35. The summed E-state index contributed by atoms with van der Waals surface area (Å²) in [6.45, 7) is 1.83. The Morgan fingerprint density at radius 3 is 2.00 bits per heavy atom. The Morgan fingerprint density at radius 1 is 0.947 bits per heavy atom. The van der Waals surface area contributed by atoms with Gasteiger partial charge in [0.25, 0.3) is 0 Å². The molecule has 5 nitrogen and oxygen atoms in total. The maximum Gasteiger partial charge on any atom is 0.339 e. The number of aryl methyl sites for hydroxylation is 1. The van der Waals surface area contributed by atoms with E-state index in [4.69, 9.17) is 4.18 Å². The molecule has 0 aliphatic carbocycles. The zero-order chi connectivity index (χ0) is 14.0. The number of para-hydroxylation sites is 1. The summed E-state index contributed by atoms with van der Waals surface area (Å²) in [6.07, 6.45) is 0. The highest BCUT2D eigenvalue weighted by Crippen LogP contribution is 2.37. The van der Waals surface area contributed by atoms with E-state index >= 15 is 0 Å². The molecule has 2 rings (SSSR count). The third-order valence-electron chi connectivity index (χ3n) is 2.48. The van der Waals surface area contributed by atoms with Crippen LogP contribution < -0.4 is 4.18 Å². The molecule has 0 aliphatic rings. The molecule has 0 heterocycles. The number of hydrogen-bond acceptors (Lipinski definition) is 5. The van der Waals surface area contributed by atoms with Gasteiger partial charge in [0.05, 0.1) is 0 Å². The van der Waals surface area contributed by atoms with E-state index in [2.05, 4.69) is 0 Å². The van der Waals surface area contributed by atoms with Gasteiger partial charge < -0.3 is 14.4 Å². The van der Waals surface area contributed by atoms with Crippen molar-refractivity contribution in [2.24, 2.45) is 0 Å². The lowest BCUT2D eigenvalue weighted by Gasteiger charge is -2.09. The molecule has 19 heavy (non-hydrogen) atoms. The summed E-state index contributed by atoms with van der Waals surface area (Å²) in [5, 5.41) is 19.0. The number of hydrogen-bond donors (Lipinski definition) is 2. The Labute approximate surface area is 110 Å². The van der Waals surface area contributed by atoms with Crippen LogP contribution in [0.4, 0.5) is 0 Å². The summed E-state index contributed by atoms with van der Waals surface area (Å²) in [5.74, 6) is -1.38. The molecule has 0 radical (unpaired) electrons. The average molecular weight is 280 g/mol. The molecule has 0 amide bonds. The predicted octanol–water partition coefficient (Wildman–Crippen LogP) is 2.17. The van der Waals surface area contributed by atoms with Crippen molar-refractivity contribution in [3.8, 4) is 17.2 Å². The van der Waals surface area contributed by atoms with Gasteiger partial charge in [-0.3, -0.25) is 0 Å². The molecule has 0 saturated heterocycles. The Bertz CT molecular complexity index is 669. The minimum Gasteiger partial charge on any atom is -0.504 e. The molecule has 6 heteroatoms. The SMILES string of the molecule is Cc1ccc(S(=O)(=O)Oc2c(O)cccc2O)cc1. The summed E-state index contributed by atoms with van der Waals surface area (Å²) in [7, 11) is -4.10. The third kappa shape index (κ3) is 2.79. The Hall–Kier alpha value is -2.21. The lowest BCUT2D eigenvalue weighted by atomic mass is 10.2. The lowest BCUT2D eigenvalue weighted by Crippen LogP contribution is -2.09. The maximum atomic E-state index is 12.0. The molecule has 0 fully saturated rings. The molecule has 0 unspecified atom stereocenters. The molecule has 2 aromatic carbocycles. The molecule has 0 atom stereocenters. The second kappa shape index (κ2) is 4.81. The van der Waals surface area contributed by atoms with Gasteiger partial charge in [-0.05, 0) is 31.2 Å². The minimum absolute atomic E-state index is 0.0549. The molecule has 0 aliphatic heterocycles. The topological polar surface area (TPSA) is 83.8 Å². The highest BCUT2D eigenvalue weighted by atomic mass is 32.2. The van der Waals surface area contributed by atoms with E-state index in [1.165, 1.54) is 30.3 Å². The second-order valence-corrected chi connectivity index (χ2v) is 5.52. The first-order chi connectivity index (χ1) is 8.90. The summed E-state index contributed by atoms with van der Waals surface area (Å²) in [5.41, 5.74) is 0.907. The van der Waals surface area contributed by atoms with E-state index in [0.717, 1.165) is 5.56 Å². The van der Waals surface area contributed by atoms with Crippen LogP contribution in [0.5, 0.6) is 17.2 Å². The normalized spacial score (nSPS) is 11.2. The highest BCUT2D eigenvalue weighted by Gasteiger charge is 2.20. The van der Waals surface area contributed by atoms with Crippen molar-refractivity contribution < 1.29 is 22.8 Å². The largest absolute Gasteiger partial charge is 0.504 e. The van der Waals surface area contributed by atoms with Crippen LogP contribution in [0.2, 0.25) is 0 Å². The predicted molar refractivity (Wildman–Crippen MR) is 68.8 cm³/mol. The van der Waals surface area contributed by atoms with Crippen LogP contribution in [0.15, 0.2) is 47.4 Å². The van der Waals surface area contributed by atoms with Gasteiger partial charge in [0.15, 0.2) is 11.5 Å². The molecule has 0 spiro atoms. The number of phenols is 2. The van der Waals surface area contributed by atoms with E-state index in [0.29, 0.717) is 0 Å². The van der Waals surface area contributed by atoms with Crippen molar-refractivity contribution in [2.75, 3.05) is 0 Å². The van der Waals surface area contributed by atoms with Gasteiger partial charge in [0.1, 0.15) is 4.90 Å². The number of phenolic OH excluding ortho intramolecular Hbond substituents is 2. The Morgan fingerprint density at radius 2 is 1.47 bits per heavy atom. The number of rotatable bonds is 3. The molecule has 2 N–H and O–H groups in total. The van der Waals surface area contributed by atoms with E-state index < -0.39 is 27.4 Å². The van der Waals surface area contributed by atoms with Gasteiger partial charge in [0, 0.05) is 0 Å². The fourth-order valence-corrected chi connectivity index (χ4v) is 2.42. The van der Waals surface area contributed by atoms with Crippen LogP contribution in [0.3, 0.4) is 0 Å². The Balaban J connectivity index is 2.39. The monoisotopic (exact) mass is 280 g/mol. The third-order valence-corrected chi connectivity index (χ3v) is 3.71. The van der Waals surface area contributed by atoms with Gasteiger partial charge in [-0.25, -0.2) is 0 Å². The molecule has 0 aromatic heterocycles. The minimum atomic E-state index is -4.10. The van der Waals surface area contributed by atoms with Crippen LogP contribution in [0.25, 0.3) is 0 Å². The van der Waals surface area contributed by atoms with E-state index in [1.54, 1.807) is 12.1 Å². The summed E-state index contributed by atoms with van der Waals surface area (Å²) < 4.78 is 28.7. The standard InChI is InChI=1S/C13H12O5S/c1-9-5-7-10(8-6-9)19(16,17)18-13-11(14)3-2-4-12(13)15/h2-8,14-15H,1H3. The van der Waals surface area contributed by atoms with Crippen molar-refractivity contribution in [2.45, 2.75) is 11.8 Å². The fraction of sp³-hybridized carbons (Fsp3) is 0.0769. The van der Waals surface area contributed by atoms with E-state index in [1.807, 2.05) is 6.92 Å². The van der Waals surface area contributed by atoms with Gasteiger partial charge in [-0.2, -0.15) is 8.42 Å². The van der Waals surface area contributed by atoms with Gasteiger partial charge in [-0.15, -0.1) is 0 Å². The second-order valence-electron chi connectivity index (χ2n) is 3.98. The highest BCUT2D eigenvalue weighted by molar-refractivity contribution is 7.87. The van der Waals surface area contributed by atoms with Gasteiger partial charge in [0.2, 0.25) is 5.75 Å². The van der Waals surface area contributed by atoms with Crippen molar-refractivity contribution in [3.63, 3.8) is 0 Å². The summed E-state index contributed by atoms with van der Waals surface area (Å²) in [4.78, 5) is -0.0549. The number of benzene rings is 2. The molecule has 100 valence electrons. The summed E-state index contributed by atoms with van der Waals surface area (Å²) in [6, 6.07) is 9.85. The van der Waals surface area contributed by atoms with Crippen LogP contribution in [-0.2, 0) is 10.1 Å². The molecule has 0 bridgehead atoms. The zero-order valence-corrected chi connectivity index (χ0v) is 10.9. The molecule has 0 saturated carbocycles.